The topological polar surface area (TPSA) is 50.3 Å². The van der Waals surface area contributed by atoms with Crippen molar-refractivity contribution in [3.63, 3.8) is 0 Å². The molecule has 2 aliphatic rings. The van der Waals surface area contributed by atoms with E-state index in [0.29, 0.717) is 6.61 Å². The van der Waals surface area contributed by atoms with Gasteiger partial charge >= 0.3 is 0 Å². The Labute approximate surface area is 117 Å². The van der Waals surface area contributed by atoms with E-state index in [4.69, 9.17) is 4.74 Å². The zero-order valence-corrected chi connectivity index (χ0v) is 11.2. The highest BCUT2D eigenvalue weighted by atomic mass is 16.5. The Hall–Kier alpha value is -2.14. The van der Waals surface area contributed by atoms with Crippen LogP contribution in [-0.4, -0.2) is 29.9 Å². The van der Waals surface area contributed by atoms with E-state index in [2.05, 4.69) is 32.5 Å². The molecule has 1 N–H and O–H groups in total. The molecule has 102 valence electrons. The van der Waals surface area contributed by atoms with Gasteiger partial charge in [-0.05, 0) is 23.8 Å². The van der Waals surface area contributed by atoms with Gasteiger partial charge < -0.3 is 15.0 Å². The number of nitrogens with zero attached hydrogens (tertiary/aromatic N) is 3. The average Bonchev–Trinajstić information content (AvgIpc) is 2.54. The van der Waals surface area contributed by atoms with Crippen LogP contribution >= 0.6 is 0 Å². The van der Waals surface area contributed by atoms with Gasteiger partial charge in [0.05, 0.1) is 17.9 Å². The van der Waals surface area contributed by atoms with Crippen LogP contribution in [0.25, 0.3) is 0 Å². The lowest BCUT2D eigenvalue weighted by Gasteiger charge is -2.30. The molecular formula is C15H16N4O. The summed E-state index contributed by atoms with van der Waals surface area (Å²) < 4.78 is 5.69. The summed E-state index contributed by atoms with van der Waals surface area (Å²) in [4.78, 5) is 2.18. The molecule has 1 aromatic heterocycles. The van der Waals surface area contributed by atoms with Gasteiger partial charge in [0.15, 0.2) is 5.82 Å². The Morgan fingerprint density at radius 3 is 3.15 bits per heavy atom. The van der Waals surface area contributed by atoms with Crippen molar-refractivity contribution in [3.05, 3.63) is 41.6 Å². The molecular weight excluding hydrogens is 252 g/mol. The summed E-state index contributed by atoms with van der Waals surface area (Å²) in [6, 6.07) is 10.2. The maximum atomic E-state index is 5.69. The van der Waals surface area contributed by atoms with Crippen LogP contribution in [-0.2, 0) is 13.0 Å². The molecule has 2 aliphatic heterocycles. The molecule has 0 spiro atoms. The zero-order valence-electron chi connectivity index (χ0n) is 11.2. The van der Waals surface area contributed by atoms with Gasteiger partial charge in [-0.15, -0.1) is 5.10 Å². The van der Waals surface area contributed by atoms with Crippen molar-refractivity contribution in [1.29, 1.82) is 0 Å². The summed E-state index contributed by atoms with van der Waals surface area (Å²) in [5.74, 6) is 1.82. The van der Waals surface area contributed by atoms with E-state index in [1.165, 1.54) is 5.56 Å². The van der Waals surface area contributed by atoms with Gasteiger partial charge in [0, 0.05) is 19.5 Å². The number of para-hydroxylation sites is 2. The SMILES string of the molecule is c1ccc2c(c1)OCCN2c1cc2c(nn1)CCNC2. The highest BCUT2D eigenvalue weighted by molar-refractivity contribution is 5.68. The summed E-state index contributed by atoms with van der Waals surface area (Å²) in [5.41, 5.74) is 3.44. The lowest BCUT2D eigenvalue weighted by molar-refractivity contribution is 0.313. The number of ether oxygens (including phenoxy) is 1. The van der Waals surface area contributed by atoms with Gasteiger partial charge in [0.1, 0.15) is 12.4 Å². The van der Waals surface area contributed by atoms with Gasteiger partial charge in [0.25, 0.3) is 0 Å². The second kappa shape index (κ2) is 4.76. The Morgan fingerprint density at radius 1 is 1.20 bits per heavy atom. The van der Waals surface area contributed by atoms with Crippen LogP contribution in [0.3, 0.4) is 0 Å². The number of fused-ring (bicyclic) bond motifs is 2. The molecule has 0 aliphatic carbocycles. The van der Waals surface area contributed by atoms with E-state index < -0.39 is 0 Å². The van der Waals surface area contributed by atoms with Crippen molar-refractivity contribution in [2.75, 3.05) is 24.6 Å². The quantitative estimate of drug-likeness (QED) is 0.852. The minimum Gasteiger partial charge on any atom is -0.490 e. The summed E-state index contributed by atoms with van der Waals surface area (Å²) in [6.45, 7) is 3.34. The van der Waals surface area contributed by atoms with Crippen molar-refractivity contribution in [1.82, 2.24) is 15.5 Å². The van der Waals surface area contributed by atoms with Gasteiger partial charge in [0.2, 0.25) is 0 Å². The zero-order chi connectivity index (χ0) is 13.4. The molecule has 5 heteroatoms. The van der Waals surface area contributed by atoms with Crippen LogP contribution in [0.5, 0.6) is 5.75 Å². The van der Waals surface area contributed by atoms with Gasteiger partial charge in [-0.2, -0.15) is 5.10 Å². The fourth-order valence-electron chi connectivity index (χ4n) is 2.78. The van der Waals surface area contributed by atoms with Gasteiger partial charge in [-0.25, -0.2) is 0 Å². The van der Waals surface area contributed by atoms with Crippen LogP contribution in [0.4, 0.5) is 11.5 Å². The van der Waals surface area contributed by atoms with E-state index in [0.717, 1.165) is 49.0 Å². The maximum Gasteiger partial charge on any atom is 0.156 e. The largest absolute Gasteiger partial charge is 0.490 e. The third-order valence-electron chi connectivity index (χ3n) is 3.81. The highest BCUT2D eigenvalue weighted by Gasteiger charge is 2.21. The minimum absolute atomic E-state index is 0.675. The van der Waals surface area contributed by atoms with Crippen LogP contribution in [0.2, 0.25) is 0 Å². The molecule has 0 saturated heterocycles. The molecule has 0 saturated carbocycles. The average molecular weight is 268 g/mol. The molecule has 0 atom stereocenters. The smallest absolute Gasteiger partial charge is 0.156 e. The van der Waals surface area contributed by atoms with Crippen molar-refractivity contribution in [2.24, 2.45) is 0 Å². The van der Waals surface area contributed by atoms with E-state index in [1.807, 2.05) is 18.2 Å². The van der Waals surface area contributed by atoms with Crippen molar-refractivity contribution < 1.29 is 4.74 Å². The second-order valence-electron chi connectivity index (χ2n) is 5.07. The van der Waals surface area contributed by atoms with Gasteiger partial charge in [-0.1, -0.05) is 12.1 Å². The number of hydrogen-bond acceptors (Lipinski definition) is 5. The van der Waals surface area contributed by atoms with Crippen molar-refractivity contribution in [2.45, 2.75) is 13.0 Å². The maximum absolute atomic E-state index is 5.69. The van der Waals surface area contributed by atoms with E-state index in [-0.39, 0.29) is 0 Å². The van der Waals surface area contributed by atoms with Crippen LogP contribution in [0.1, 0.15) is 11.3 Å². The van der Waals surface area contributed by atoms with E-state index in [1.54, 1.807) is 0 Å². The van der Waals surface area contributed by atoms with Crippen LogP contribution in [0.15, 0.2) is 30.3 Å². The first-order valence-corrected chi connectivity index (χ1v) is 6.97. The number of aromatic nitrogens is 2. The second-order valence-corrected chi connectivity index (χ2v) is 5.07. The van der Waals surface area contributed by atoms with Crippen LogP contribution < -0.4 is 15.0 Å². The fourth-order valence-corrected chi connectivity index (χ4v) is 2.78. The number of rotatable bonds is 1. The number of hydrogen-bond donors (Lipinski definition) is 1. The fraction of sp³-hybridized carbons (Fsp3) is 0.333. The monoisotopic (exact) mass is 268 g/mol. The lowest BCUT2D eigenvalue weighted by atomic mass is 10.1. The molecule has 0 bridgehead atoms. The first-order chi connectivity index (χ1) is 9.92. The van der Waals surface area contributed by atoms with Crippen LogP contribution in [0, 0.1) is 0 Å². The molecule has 0 radical (unpaired) electrons. The Morgan fingerprint density at radius 2 is 2.15 bits per heavy atom. The number of benzene rings is 1. The highest BCUT2D eigenvalue weighted by Crippen LogP contribution is 2.35. The Kier molecular flexibility index (Phi) is 2.77. The van der Waals surface area contributed by atoms with Gasteiger partial charge in [-0.3, -0.25) is 0 Å². The molecule has 3 heterocycles. The van der Waals surface area contributed by atoms with Crippen molar-refractivity contribution in [3.8, 4) is 5.75 Å². The van der Waals surface area contributed by atoms with E-state index >= 15 is 0 Å². The normalized spacial score (nSPS) is 17.1. The Balaban J connectivity index is 1.75. The molecule has 4 rings (SSSR count). The van der Waals surface area contributed by atoms with E-state index in [9.17, 15) is 0 Å². The first-order valence-electron chi connectivity index (χ1n) is 6.97. The molecule has 0 amide bonds. The number of anilines is 2. The summed E-state index contributed by atoms with van der Waals surface area (Å²) >= 11 is 0. The molecule has 1 aromatic carbocycles. The summed E-state index contributed by atoms with van der Waals surface area (Å²) in [6.07, 6.45) is 0.961. The third-order valence-corrected chi connectivity index (χ3v) is 3.81. The predicted molar refractivity (Wildman–Crippen MR) is 76.4 cm³/mol. The first kappa shape index (κ1) is 11.7. The summed E-state index contributed by atoms with van der Waals surface area (Å²) in [7, 11) is 0. The Bertz CT molecular complexity index is 644. The molecule has 2 aromatic rings. The predicted octanol–water partition coefficient (Wildman–Crippen LogP) is 1.65. The minimum atomic E-state index is 0.675. The molecule has 0 fully saturated rings. The lowest BCUT2D eigenvalue weighted by Crippen LogP contribution is -2.31. The molecule has 20 heavy (non-hydrogen) atoms. The summed E-state index contributed by atoms with van der Waals surface area (Å²) in [5, 5.41) is 12.2. The number of nitrogens with one attached hydrogen (secondary N) is 1. The molecule has 5 nitrogen and oxygen atoms in total. The molecule has 0 unspecified atom stereocenters. The standard InChI is InChI=1S/C15H16N4O/c1-2-4-14-13(3-1)19(7-8-20-14)15-9-11-10-16-6-5-12(11)17-18-15/h1-4,9,16H,5-8,10H2. The third kappa shape index (κ3) is 1.91. The van der Waals surface area contributed by atoms with Crippen molar-refractivity contribution >= 4 is 11.5 Å².